The van der Waals surface area contributed by atoms with Crippen molar-refractivity contribution in [2.45, 2.75) is 6.10 Å². The van der Waals surface area contributed by atoms with Crippen LogP contribution in [0.1, 0.15) is 10.4 Å². The van der Waals surface area contributed by atoms with E-state index in [-0.39, 0.29) is 19.1 Å². The van der Waals surface area contributed by atoms with Crippen molar-refractivity contribution in [1.29, 1.82) is 0 Å². The minimum absolute atomic E-state index is 0.148. The van der Waals surface area contributed by atoms with Crippen molar-refractivity contribution in [3.05, 3.63) is 54.1 Å². The molecule has 1 atom stereocenters. The van der Waals surface area contributed by atoms with Crippen molar-refractivity contribution in [1.82, 2.24) is 0 Å². The number of ether oxygens (including phenoxy) is 1. The summed E-state index contributed by atoms with van der Waals surface area (Å²) in [7, 11) is 1.54. The second-order valence-corrected chi connectivity index (χ2v) is 4.92. The molecule has 0 aliphatic carbocycles. The number of hydrogen-bond donors (Lipinski definition) is 4. The molecule has 0 fully saturated rings. The van der Waals surface area contributed by atoms with Gasteiger partial charge in [-0.05, 0) is 24.3 Å². The highest BCUT2D eigenvalue weighted by Gasteiger charge is 2.13. The Bertz CT molecular complexity index is 661. The van der Waals surface area contributed by atoms with E-state index in [1.165, 1.54) is 7.11 Å². The molecule has 2 rings (SSSR count). The van der Waals surface area contributed by atoms with Gasteiger partial charge in [0.2, 0.25) is 0 Å². The van der Waals surface area contributed by atoms with Gasteiger partial charge >= 0.3 is 0 Å². The molecule has 122 valence electrons. The molecule has 0 bridgehead atoms. The summed E-state index contributed by atoms with van der Waals surface area (Å²) in [4.78, 5) is 12.5. The molecule has 0 aliphatic heterocycles. The van der Waals surface area contributed by atoms with Crippen LogP contribution >= 0.6 is 0 Å². The lowest BCUT2D eigenvalue weighted by Gasteiger charge is -2.15. The van der Waals surface area contributed by atoms with E-state index in [0.29, 0.717) is 22.7 Å². The van der Waals surface area contributed by atoms with Crippen molar-refractivity contribution in [2.75, 3.05) is 30.9 Å². The van der Waals surface area contributed by atoms with E-state index in [4.69, 9.17) is 9.84 Å². The molecule has 0 heterocycles. The second-order valence-electron chi connectivity index (χ2n) is 4.92. The zero-order chi connectivity index (χ0) is 16.7. The van der Waals surface area contributed by atoms with Crippen LogP contribution in [0.25, 0.3) is 0 Å². The molecule has 0 saturated heterocycles. The minimum atomic E-state index is -0.889. The average Bonchev–Trinajstić information content (AvgIpc) is 2.60. The van der Waals surface area contributed by atoms with Crippen LogP contribution in [0, 0.1) is 0 Å². The van der Waals surface area contributed by atoms with Crippen LogP contribution in [0.3, 0.4) is 0 Å². The lowest BCUT2D eigenvalue weighted by atomic mass is 10.1. The van der Waals surface area contributed by atoms with E-state index in [1.807, 2.05) is 6.07 Å². The van der Waals surface area contributed by atoms with E-state index in [1.54, 1.807) is 42.5 Å². The Morgan fingerprint density at radius 1 is 1.13 bits per heavy atom. The molecule has 0 aromatic heterocycles. The first-order valence-electron chi connectivity index (χ1n) is 7.22. The van der Waals surface area contributed by atoms with E-state index in [2.05, 4.69) is 10.6 Å². The van der Waals surface area contributed by atoms with Gasteiger partial charge in [-0.2, -0.15) is 0 Å². The van der Waals surface area contributed by atoms with Gasteiger partial charge < -0.3 is 25.6 Å². The van der Waals surface area contributed by atoms with Crippen molar-refractivity contribution in [2.24, 2.45) is 0 Å². The fourth-order valence-electron chi connectivity index (χ4n) is 2.07. The SMILES string of the molecule is COc1ccccc1NC(=O)c1ccccc1NCC(O)CO. The largest absolute Gasteiger partial charge is 0.495 e. The van der Waals surface area contributed by atoms with Crippen molar-refractivity contribution in [3.63, 3.8) is 0 Å². The quantitative estimate of drug-likeness (QED) is 0.624. The van der Waals surface area contributed by atoms with Gasteiger partial charge in [0.15, 0.2) is 0 Å². The highest BCUT2D eigenvalue weighted by Crippen LogP contribution is 2.25. The molecule has 0 radical (unpaired) electrons. The number of methoxy groups -OCH3 is 1. The first-order valence-corrected chi connectivity index (χ1v) is 7.22. The third kappa shape index (κ3) is 4.45. The topological polar surface area (TPSA) is 90.8 Å². The number of anilines is 2. The fourth-order valence-corrected chi connectivity index (χ4v) is 2.07. The number of aliphatic hydroxyl groups excluding tert-OH is 2. The standard InChI is InChI=1S/C17H20N2O4/c1-23-16-9-5-4-8-15(16)19-17(22)13-6-2-3-7-14(13)18-10-12(21)11-20/h2-9,12,18,20-21H,10-11H2,1H3,(H,19,22). The summed E-state index contributed by atoms with van der Waals surface area (Å²) < 4.78 is 5.21. The molecule has 0 aliphatic rings. The molecule has 1 amide bonds. The van der Waals surface area contributed by atoms with Crippen molar-refractivity contribution >= 4 is 17.3 Å². The van der Waals surface area contributed by atoms with Crippen LogP contribution < -0.4 is 15.4 Å². The number of nitrogens with one attached hydrogen (secondary N) is 2. The van der Waals surface area contributed by atoms with Gasteiger partial charge in [0, 0.05) is 12.2 Å². The molecular formula is C17H20N2O4. The minimum Gasteiger partial charge on any atom is -0.495 e. The molecular weight excluding hydrogens is 296 g/mol. The third-order valence-corrected chi connectivity index (χ3v) is 3.27. The van der Waals surface area contributed by atoms with E-state index in [9.17, 15) is 9.90 Å². The number of carbonyl (C=O) groups excluding carboxylic acids is 1. The summed E-state index contributed by atoms with van der Waals surface area (Å²) in [6, 6.07) is 14.1. The zero-order valence-corrected chi connectivity index (χ0v) is 12.8. The van der Waals surface area contributed by atoms with Crippen LogP contribution in [0.5, 0.6) is 5.75 Å². The number of rotatable bonds is 7. The average molecular weight is 316 g/mol. The smallest absolute Gasteiger partial charge is 0.257 e. The second kappa shape index (κ2) is 8.17. The lowest BCUT2D eigenvalue weighted by molar-refractivity contribution is 0.102. The highest BCUT2D eigenvalue weighted by atomic mass is 16.5. The van der Waals surface area contributed by atoms with Gasteiger partial charge in [0.1, 0.15) is 5.75 Å². The molecule has 2 aromatic rings. The molecule has 4 N–H and O–H groups in total. The van der Waals surface area contributed by atoms with Crippen LogP contribution in [0.15, 0.2) is 48.5 Å². The number of amides is 1. The Morgan fingerprint density at radius 3 is 2.48 bits per heavy atom. The predicted octanol–water partition coefficient (Wildman–Crippen LogP) is 1.71. The van der Waals surface area contributed by atoms with E-state index >= 15 is 0 Å². The highest BCUT2D eigenvalue weighted by molar-refractivity contribution is 6.08. The summed E-state index contributed by atoms with van der Waals surface area (Å²) in [6.45, 7) is -0.196. The lowest BCUT2D eigenvalue weighted by Crippen LogP contribution is -2.24. The summed E-state index contributed by atoms with van der Waals surface area (Å²) in [5, 5.41) is 24.0. The zero-order valence-electron chi connectivity index (χ0n) is 12.8. The normalized spacial score (nSPS) is 11.6. The van der Waals surface area contributed by atoms with E-state index < -0.39 is 6.10 Å². The molecule has 1 unspecified atom stereocenters. The molecule has 6 heteroatoms. The van der Waals surface area contributed by atoms with Crippen molar-refractivity contribution < 1.29 is 19.7 Å². The number of carbonyl (C=O) groups is 1. The van der Waals surface area contributed by atoms with Gasteiger partial charge in [-0.15, -0.1) is 0 Å². The number of aliphatic hydroxyl groups is 2. The molecule has 2 aromatic carbocycles. The first-order chi connectivity index (χ1) is 11.2. The summed E-state index contributed by atoms with van der Waals surface area (Å²) >= 11 is 0. The molecule has 23 heavy (non-hydrogen) atoms. The molecule has 0 spiro atoms. The molecule has 6 nitrogen and oxygen atoms in total. The van der Waals surface area contributed by atoms with Gasteiger partial charge in [-0.1, -0.05) is 24.3 Å². The number of para-hydroxylation sites is 3. The Balaban J connectivity index is 2.16. The van der Waals surface area contributed by atoms with Gasteiger partial charge in [0.05, 0.1) is 31.1 Å². The Hall–Kier alpha value is -2.57. The number of hydrogen-bond acceptors (Lipinski definition) is 5. The maximum Gasteiger partial charge on any atom is 0.257 e. The Labute approximate surface area is 134 Å². The van der Waals surface area contributed by atoms with Crippen molar-refractivity contribution in [3.8, 4) is 5.75 Å². The maximum atomic E-state index is 12.5. The van der Waals surface area contributed by atoms with E-state index in [0.717, 1.165) is 0 Å². The third-order valence-electron chi connectivity index (χ3n) is 3.27. The summed E-state index contributed by atoms with van der Waals surface area (Å²) in [5.41, 5.74) is 1.58. The van der Waals surface area contributed by atoms with Crippen LogP contribution in [-0.4, -0.2) is 42.5 Å². The Morgan fingerprint density at radius 2 is 1.78 bits per heavy atom. The monoisotopic (exact) mass is 316 g/mol. The number of benzene rings is 2. The van der Waals surface area contributed by atoms with Gasteiger partial charge in [-0.25, -0.2) is 0 Å². The summed E-state index contributed by atoms with van der Waals surface area (Å²) in [5.74, 6) is 0.276. The van der Waals surface area contributed by atoms with Gasteiger partial charge in [0.25, 0.3) is 5.91 Å². The maximum absolute atomic E-state index is 12.5. The Kier molecular flexibility index (Phi) is 5.96. The molecule has 0 saturated carbocycles. The van der Waals surface area contributed by atoms with Gasteiger partial charge in [-0.3, -0.25) is 4.79 Å². The predicted molar refractivity (Wildman–Crippen MR) is 89.0 cm³/mol. The van der Waals surface area contributed by atoms with Crippen LogP contribution in [0.2, 0.25) is 0 Å². The fraction of sp³-hybridized carbons (Fsp3) is 0.235. The first kappa shape index (κ1) is 16.8. The summed E-state index contributed by atoms with van der Waals surface area (Å²) in [6.07, 6.45) is -0.889. The van der Waals surface area contributed by atoms with Crippen LogP contribution in [0.4, 0.5) is 11.4 Å². The van der Waals surface area contributed by atoms with Crippen LogP contribution in [-0.2, 0) is 0 Å².